The Morgan fingerprint density at radius 1 is 1.38 bits per heavy atom. The molecule has 3 aromatic heterocycles. The summed E-state index contributed by atoms with van der Waals surface area (Å²) in [5.41, 5.74) is 12.9. The van der Waals surface area contributed by atoms with Crippen molar-refractivity contribution in [1.29, 1.82) is 5.41 Å². The number of aromatic nitrogens is 3. The van der Waals surface area contributed by atoms with Crippen LogP contribution in [0.25, 0.3) is 22.3 Å². The Labute approximate surface area is 189 Å². The van der Waals surface area contributed by atoms with E-state index in [0.29, 0.717) is 24.9 Å². The third-order valence-electron chi connectivity index (χ3n) is 5.34. The fraction of sp³-hybridized carbons (Fsp3) is 0.417. The molecule has 3 heterocycles. The van der Waals surface area contributed by atoms with E-state index in [1.165, 1.54) is 11.3 Å². The Morgan fingerprint density at radius 3 is 2.81 bits per heavy atom. The highest BCUT2D eigenvalue weighted by molar-refractivity contribution is 5.97. The number of pyridine rings is 2. The van der Waals surface area contributed by atoms with Gasteiger partial charge in [0.1, 0.15) is 12.2 Å². The van der Waals surface area contributed by atoms with Gasteiger partial charge >= 0.3 is 0 Å². The summed E-state index contributed by atoms with van der Waals surface area (Å²) >= 11 is 0. The Kier molecular flexibility index (Phi) is 7.45. The average molecular weight is 436 g/mol. The summed E-state index contributed by atoms with van der Waals surface area (Å²) in [7, 11) is 0. The van der Waals surface area contributed by atoms with Gasteiger partial charge in [0.15, 0.2) is 0 Å². The molecule has 4 N–H and O–H groups in total. The Bertz CT molecular complexity index is 1130. The van der Waals surface area contributed by atoms with Crippen LogP contribution in [0.4, 0.5) is 5.69 Å². The van der Waals surface area contributed by atoms with Gasteiger partial charge in [-0.1, -0.05) is 13.8 Å². The van der Waals surface area contributed by atoms with Crippen LogP contribution in [-0.4, -0.2) is 39.9 Å². The summed E-state index contributed by atoms with van der Waals surface area (Å²) in [5.74, 6) is 0.920. The smallest absolute Gasteiger partial charge is 0.222 e. The van der Waals surface area contributed by atoms with E-state index in [1.54, 1.807) is 6.20 Å². The third kappa shape index (κ3) is 4.59. The minimum atomic E-state index is 0.267. The summed E-state index contributed by atoms with van der Waals surface area (Å²) in [4.78, 5) is 13.4. The zero-order chi connectivity index (χ0) is 23.3. The lowest BCUT2D eigenvalue weighted by atomic mass is 10.1. The Balaban J connectivity index is 2.26. The van der Waals surface area contributed by atoms with E-state index in [-0.39, 0.29) is 6.04 Å². The number of amidine groups is 1. The lowest BCUT2D eigenvalue weighted by molar-refractivity contribution is 0.306. The predicted octanol–water partition coefficient (Wildman–Crippen LogP) is 4.71. The molecule has 0 aliphatic rings. The molecule has 0 radical (unpaired) electrons. The van der Waals surface area contributed by atoms with Gasteiger partial charge in [0.2, 0.25) is 5.88 Å². The molecule has 0 aliphatic heterocycles. The number of rotatable bonds is 10. The second-order valence-electron chi connectivity index (χ2n) is 7.95. The third-order valence-corrected chi connectivity index (χ3v) is 5.34. The molecule has 0 unspecified atom stereocenters. The molecule has 0 saturated heterocycles. The molecule has 0 aliphatic carbocycles. The number of aliphatic imine (C=N–C) groups is 1. The van der Waals surface area contributed by atoms with Gasteiger partial charge in [-0.3, -0.25) is 5.41 Å². The van der Waals surface area contributed by atoms with Crippen molar-refractivity contribution >= 4 is 28.9 Å². The highest BCUT2D eigenvalue weighted by Gasteiger charge is 2.22. The van der Waals surface area contributed by atoms with Gasteiger partial charge in [-0.2, -0.15) is 0 Å². The quantitative estimate of drug-likeness (QED) is 0.315. The van der Waals surface area contributed by atoms with Crippen molar-refractivity contribution in [2.45, 2.75) is 53.5 Å². The van der Waals surface area contributed by atoms with Crippen molar-refractivity contribution in [2.75, 3.05) is 18.5 Å². The van der Waals surface area contributed by atoms with Crippen LogP contribution >= 0.6 is 0 Å². The van der Waals surface area contributed by atoms with Crippen molar-refractivity contribution in [2.24, 2.45) is 10.7 Å². The summed E-state index contributed by atoms with van der Waals surface area (Å²) < 4.78 is 8.24. The van der Waals surface area contributed by atoms with Crippen molar-refractivity contribution in [3.63, 3.8) is 0 Å². The molecule has 0 aromatic carbocycles. The van der Waals surface area contributed by atoms with Crippen LogP contribution in [0.2, 0.25) is 0 Å². The number of nitrogens with two attached hydrogens (primary N) is 1. The predicted molar refractivity (Wildman–Crippen MR) is 132 cm³/mol. The van der Waals surface area contributed by atoms with E-state index in [9.17, 15) is 0 Å². The van der Waals surface area contributed by atoms with Gasteiger partial charge < -0.3 is 20.4 Å². The highest BCUT2D eigenvalue weighted by atomic mass is 16.5. The first kappa shape index (κ1) is 23.2. The average Bonchev–Trinajstić information content (AvgIpc) is 3.08. The topological polar surface area (TPSA) is 114 Å². The van der Waals surface area contributed by atoms with E-state index in [2.05, 4.69) is 54.5 Å². The van der Waals surface area contributed by atoms with Gasteiger partial charge in [-0.05, 0) is 57.4 Å². The van der Waals surface area contributed by atoms with Crippen LogP contribution in [0.1, 0.15) is 51.4 Å². The molecule has 0 fully saturated rings. The van der Waals surface area contributed by atoms with Crippen molar-refractivity contribution in [3.8, 4) is 17.1 Å². The number of fused-ring (bicyclic) bond motifs is 1. The van der Waals surface area contributed by atoms with Crippen molar-refractivity contribution < 1.29 is 4.74 Å². The minimum Gasteiger partial charge on any atom is -0.477 e. The van der Waals surface area contributed by atoms with Crippen LogP contribution in [0, 0.1) is 12.3 Å². The normalized spacial score (nSPS) is 11.9. The maximum Gasteiger partial charge on any atom is 0.222 e. The molecule has 170 valence electrons. The molecular formula is C24H33N7O. The first-order valence-electron chi connectivity index (χ1n) is 11.1. The molecule has 0 spiro atoms. The van der Waals surface area contributed by atoms with E-state index in [1.807, 2.05) is 18.2 Å². The fourth-order valence-electron chi connectivity index (χ4n) is 3.99. The standard InChI is InChI=1S/C24H33N7O/c1-6-11-32-24-17(9-8-10-27-24)18-12-19(28-13-21(26)29-14-25)23-22(30-18)16(5)20(7-2)31(23)15(3)4/h8-10,12,14-15H,6-7,11,13H2,1-5H3,(H,28,30)(H3,25,26,29). The van der Waals surface area contributed by atoms with Gasteiger partial charge in [-0.25, -0.2) is 15.0 Å². The van der Waals surface area contributed by atoms with E-state index in [4.69, 9.17) is 20.9 Å². The van der Waals surface area contributed by atoms with Gasteiger partial charge in [-0.15, -0.1) is 0 Å². The largest absolute Gasteiger partial charge is 0.477 e. The van der Waals surface area contributed by atoms with Crippen LogP contribution in [0.5, 0.6) is 5.88 Å². The van der Waals surface area contributed by atoms with Crippen LogP contribution in [0.3, 0.4) is 0 Å². The number of anilines is 1. The van der Waals surface area contributed by atoms with Crippen molar-refractivity contribution in [1.82, 2.24) is 14.5 Å². The molecule has 8 heteroatoms. The number of hydrogen-bond acceptors (Lipinski definition) is 5. The summed E-state index contributed by atoms with van der Waals surface area (Å²) in [6.45, 7) is 11.6. The molecule has 0 amide bonds. The number of nitrogens with zero attached hydrogens (tertiary/aromatic N) is 4. The molecule has 3 rings (SSSR count). The zero-order valence-corrected chi connectivity index (χ0v) is 19.6. The monoisotopic (exact) mass is 435 g/mol. The number of hydrogen-bond donors (Lipinski definition) is 3. The molecule has 0 atom stereocenters. The number of nitrogens with one attached hydrogen (secondary N) is 2. The summed E-state index contributed by atoms with van der Waals surface area (Å²) in [6.07, 6.45) is 4.49. The first-order valence-corrected chi connectivity index (χ1v) is 11.1. The van der Waals surface area contributed by atoms with Crippen LogP contribution in [0.15, 0.2) is 29.4 Å². The van der Waals surface area contributed by atoms with Crippen molar-refractivity contribution in [3.05, 3.63) is 35.7 Å². The number of ether oxygens (including phenoxy) is 1. The highest BCUT2D eigenvalue weighted by Crippen LogP contribution is 2.37. The Morgan fingerprint density at radius 2 is 2.16 bits per heavy atom. The molecular weight excluding hydrogens is 402 g/mol. The number of aryl methyl sites for hydroxylation is 1. The van der Waals surface area contributed by atoms with E-state index >= 15 is 0 Å². The van der Waals surface area contributed by atoms with Crippen LogP contribution in [-0.2, 0) is 6.42 Å². The molecule has 0 bridgehead atoms. The zero-order valence-electron chi connectivity index (χ0n) is 19.6. The molecule has 8 nitrogen and oxygen atoms in total. The lowest BCUT2D eigenvalue weighted by Gasteiger charge is -2.18. The van der Waals surface area contributed by atoms with E-state index < -0.39 is 0 Å². The maximum atomic E-state index is 7.16. The van der Waals surface area contributed by atoms with Gasteiger partial charge in [0.25, 0.3) is 0 Å². The molecule has 0 saturated carbocycles. The van der Waals surface area contributed by atoms with E-state index in [0.717, 1.165) is 47.2 Å². The summed E-state index contributed by atoms with van der Waals surface area (Å²) in [5, 5.41) is 10.6. The molecule has 32 heavy (non-hydrogen) atoms. The SMILES string of the molecule is CCCOc1ncccc1-c1cc(NCC(N)=NC=N)c2c(n1)c(C)c(CC)n2C(C)C. The minimum absolute atomic E-state index is 0.267. The molecule has 3 aromatic rings. The summed E-state index contributed by atoms with van der Waals surface area (Å²) in [6, 6.07) is 6.17. The maximum absolute atomic E-state index is 7.16. The lowest BCUT2D eigenvalue weighted by Crippen LogP contribution is -2.23. The van der Waals surface area contributed by atoms with Crippen LogP contribution < -0.4 is 15.8 Å². The van der Waals surface area contributed by atoms with Gasteiger partial charge in [0, 0.05) is 17.9 Å². The van der Waals surface area contributed by atoms with Gasteiger partial charge in [0.05, 0.1) is 41.1 Å². The second-order valence-corrected chi connectivity index (χ2v) is 7.95. The Hall–Kier alpha value is -3.42. The first-order chi connectivity index (χ1) is 15.4. The second kappa shape index (κ2) is 10.3. The fourth-order valence-corrected chi connectivity index (χ4v) is 3.99.